The van der Waals surface area contributed by atoms with Gasteiger partial charge in [-0.05, 0) is 56.8 Å². The summed E-state index contributed by atoms with van der Waals surface area (Å²) in [5.74, 6) is 0.864. The quantitative estimate of drug-likeness (QED) is 0.767. The third kappa shape index (κ3) is 3.11. The third-order valence-electron chi connectivity index (χ3n) is 2.89. The van der Waals surface area contributed by atoms with Crippen LogP contribution >= 0.6 is 0 Å². The highest BCUT2D eigenvalue weighted by Crippen LogP contribution is 2.21. The molecule has 0 atom stereocenters. The minimum absolute atomic E-state index is 0.864. The van der Waals surface area contributed by atoms with Crippen molar-refractivity contribution in [3.8, 4) is 17.0 Å². The van der Waals surface area contributed by atoms with Gasteiger partial charge in [0.05, 0.1) is 12.8 Å². The van der Waals surface area contributed by atoms with Gasteiger partial charge in [0, 0.05) is 11.3 Å². The van der Waals surface area contributed by atoms with E-state index in [4.69, 9.17) is 4.74 Å². The Morgan fingerprint density at radius 2 is 2.06 bits per heavy atom. The van der Waals surface area contributed by atoms with Crippen LogP contribution in [0.25, 0.3) is 11.3 Å². The number of hydrogen-bond acceptors (Lipinski definition) is 3. The Labute approximate surface area is 107 Å². The second-order valence-electron chi connectivity index (χ2n) is 4.21. The predicted molar refractivity (Wildman–Crippen MR) is 72.8 cm³/mol. The lowest BCUT2D eigenvalue weighted by molar-refractivity contribution is 0.415. The Bertz CT molecular complexity index is 476. The fourth-order valence-corrected chi connectivity index (χ4v) is 1.85. The number of rotatable bonds is 6. The van der Waals surface area contributed by atoms with Crippen molar-refractivity contribution in [3.05, 3.63) is 36.0 Å². The summed E-state index contributed by atoms with van der Waals surface area (Å²) in [6.45, 7) is 1.02. The fourth-order valence-electron chi connectivity index (χ4n) is 1.85. The molecular weight excluding hydrogens is 226 g/mol. The van der Waals surface area contributed by atoms with Crippen molar-refractivity contribution in [1.82, 2.24) is 15.5 Å². The maximum atomic E-state index is 5.14. The summed E-state index contributed by atoms with van der Waals surface area (Å²) in [6, 6.07) is 10.0. The molecule has 1 aromatic carbocycles. The summed E-state index contributed by atoms with van der Waals surface area (Å²) in [6.07, 6.45) is 2.13. The minimum Gasteiger partial charge on any atom is -0.497 e. The van der Waals surface area contributed by atoms with Gasteiger partial charge in [0.15, 0.2) is 0 Å². The summed E-state index contributed by atoms with van der Waals surface area (Å²) in [5.41, 5.74) is 3.26. The van der Waals surface area contributed by atoms with E-state index in [0.717, 1.165) is 36.4 Å². The number of H-pyrrole nitrogens is 1. The Morgan fingerprint density at radius 3 is 2.72 bits per heavy atom. The van der Waals surface area contributed by atoms with E-state index in [-0.39, 0.29) is 0 Å². The van der Waals surface area contributed by atoms with E-state index in [1.54, 1.807) is 7.11 Å². The Hall–Kier alpha value is -1.81. The molecular formula is C14H19N3O. The van der Waals surface area contributed by atoms with E-state index >= 15 is 0 Å². The van der Waals surface area contributed by atoms with E-state index in [9.17, 15) is 0 Å². The first-order valence-electron chi connectivity index (χ1n) is 6.17. The van der Waals surface area contributed by atoms with Gasteiger partial charge in [-0.15, -0.1) is 0 Å². The van der Waals surface area contributed by atoms with Crippen LogP contribution in [0.3, 0.4) is 0 Å². The van der Waals surface area contributed by atoms with Crippen molar-refractivity contribution in [1.29, 1.82) is 0 Å². The number of nitrogens with one attached hydrogen (secondary N) is 2. The van der Waals surface area contributed by atoms with Crippen LogP contribution in [0.5, 0.6) is 5.75 Å². The van der Waals surface area contributed by atoms with Gasteiger partial charge in [0.25, 0.3) is 0 Å². The fraction of sp³-hybridized carbons (Fsp3) is 0.357. The normalized spacial score (nSPS) is 10.6. The second kappa shape index (κ2) is 6.21. The first-order chi connectivity index (χ1) is 8.83. The van der Waals surface area contributed by atoms with Crippen LogP contribution in [0.4, 0.5) is 0 Å². The molecule has 4 heteroatoms. The van der Waals surface area contributed by atoms with E-state index < -0.39 is 0 Å². The van der Waals surface area contributed by atoms with Gasteiger partial charge in [-0.2, -0.15) is 5.10 Å². The van der Waals surface area contributed by atoms with Crippen molar-refractivity contribution in [2.75, 3.05) is 20.7 Å². The maximum absolute atomic E-state index is 5.14. The maximum Gasteiger partial charge on any atom is 0.118 e. The largest absolute Gasteiger partial charge is 0.497 e. The highest BCUT2D eigenvalue weighted by atomic mass is 16.5. The molecule has 0 spiro atoms. The number of aromatic nitrogens is 2. The Morgan fingerprint density at radius 1 is 1.28 bits per heavy atom. The number of hydrogen-bond donors (Lipinski definition) is 2. The number of methoxy groups -OCH3 is 1. The van der Waals surface area contributed by atoms with Crippen LogP contribution in [0.1, 0.15) is 12.1 Å². The van der Waals surface area contributed by atoms with Crippen LogP contribution < -0.4 is 10.1 Å². The molecule has 0 radical (unpaired) electrons. The molecule has 2 rings (SSSR count). The molecule has 96 valence electrons. The molecule has 0 fully saturated rings. The van der Waals surface area contributed by atoms with E-state index in [2.05, 4.69) is 21.6 Å². The van der Waals surface area contributed by atoms with E-state index in [0.29, 0.717) is 0 Å². The lowest BCUT2D eigenvalue weighted by Gasteiger charge is -2.00. The molecule has 4 nitrogen and oxygen atoms in total. The van der Waals surface area contributed by atoms with Gasteiger partial charge in [-0.3, -0.25) is 5.10 Å². The topological polar surface area (TPSA) is 49.9 Å². The Balaban J connectivity index is 2.04. The van der Waals surface area contributed by atoms with Gasteiger partial charge in [0.2, 0.25) is 0 Å². The molecule has 0 amide bonds. The van der Waals surface area contributed by atoms with E-state index in [1.165, 1.54) is 5.69 Å². The zero-order valence-electron chi connectivity index (χ0n) is 10.9. The zero-order valence-corrected chi connectivity index (χ0v) is 10.9. The minimum atomic E-state index is 0.864. The molecule has 0 aliphatic carbocycles. The van der Waals surface area contributed by atoms with Gasteiger partial charge in [-0.25, -0.2) is 0 Å². The SMILES string of the molecule is CNCCCc1cc(-c2ccc(OC)cc2)n[nH]1. The van der Waals surface area contributed by atoms with Crippen LogP contribution in [0, 0.1) is 0 Å². The average Bonchev–Trinajstić information content (AvgIpc) is 2.88. The number of aryl methyl sites for hydroxylation is 1. The molecule has 0 unspecified atom stereocenters. The number of ether oxygens (including phenoxy) is 1. The molecule has 1 heterocycles. The summed E-state index contributed by atoms with van der Waals surface area (Å²) in [7, 11) is 3.64. The van der Waals surface area contributed by atoms with Crippen LogP contribution in [0.15, 0.2) is 30.3 Å². The van der Waals surface area contributed by atoms with Crippen molar-refractivity contribution in [2.45, 2.75) is 12.8 Å². The number of nitrogens with zero attached hydrogens (tertiary/aromatic N) is 1. The molecule has 2 aromatic rings. The summed E-state index contributed by atoms with van der Waals surface area (Å²) < 4.78 is 5.14. The lowest BCUT2D eigenvalue weighted by atomic mass is 10.1. The van der Waals surface area contributed by atoms with Gasteiger partial charge < -0.3 is 10.1 Å². The zero-order chi connectivity index (χ0) is 12.8. The molecule has 0 saturated carbocycles. The van der Waals surface area contributed by atoms with Crippen molar-refractivity contribution >= 4 is 0 Å². The van der Waals surface area contributed by atoms with Crippen LogP contribution in [0.2, 0.25) is 0 Å². The monoisotopic (exact) mass is 245 g/mol. The summed E-state index contributed by atoms with van der Waals surface area (Å²) in [4.78, 5) is 0. The van der Waals surface area contributed by atoms with Crippen molar-refractivity contribution < 1.29 is 4.74 Å². The van der Waals surface area contributed by atoms with Crippen LogP contribution in [-0.2, 0) is 6.42 Å². The Kier molecular flexibility index (Phi) is 4.36. The average molecular weight is 245 g/mol. The molecule has 18 heavy (non-hydrogen) atoms. The third-order valence-corrected chi connectivity index (χ3v) is 2.89. The van der Waals surface area contributed by atoms with Gasteiger partial charge >= 0.3 is 0 Å². The standard InChI is InChI=1S/C14H19N3O/c1-15-9-3-4-12-10-14(17-16-12)11-5-7-13(18-2)8-6-11/h5-8,10,15H,3-4,9H2,1-2H3,(H,16,17). The molecule has 0 aliphatic heterocycles. The second-order valence-corrected chi connectivity index (χ2v) is 4.21. The van der Waals surface area contributed by atoms with Crippen molar-refractivity contribution in [2.24, 2.45) is 0 Å². The molecule has 0 bridgehead atoms. The van der Waals surface area contributed by atoms with E-state index in [1.807, 2.05) is 31.3 Å². The summed E-state index contributed by atoms with van der Waals surface area (Å²) >= 11 is 0. The summed E-state index contributed by atoms with van der Waals surface area (Å²) in [5, 5.41) is 10.6. The predicted octanol–water partition coefficient (Wildman–Crippen LogP) is 2.24. The smallest absolute Gasteiger partial charge is 0.118 e. The first kappa shape index (κ1) is 12.6. The highest BCUT2D eigenvalue weighted by Gasteiger charge is 2.04. The lowest BCUT2D eigenvalue weighted by Crippen LogP contribution is -2.08. The van der Waals surface area contributed by atoms with Crippen LogP contribution in [-0.4, -0.2) is 30.9 Å². The molecule has 0 aliphatic rings. The first-order valence-corrected chi connectivity index (χ1v) is 6.17. The number of aromatic amines is 1. The number of benzene rings is 1. The van der Waals surface area contributed by atoms with Gasteiger partial charge in [-0.1, -0.05) is 0 Å². The van der Waals surface area contributed by atoms with Gasteiger partial charge in [0.1, 0.15) is 5.75 Å². The van der Waals surface area contributed by atoms with Crippen molar-refractivity contribution in [3.63, 3.8) is 0 Å². The molecule has 2 N–H and O–H groups in total. The molecule has 1 aromatic heterocycles. The molecule has 0 saturated heterocycles. The highest BCUT2D eigenvalue weighted by molar-refractivity contribution is 5.60.